The molecule has 0 spiro atoms. The molecule has 3 heteroatoms. The zero-order valence-electron chi connectivity index (χ0n) is 13.5. The van der Waals surface area contributed by atoms with Gasteiger partial charge in [0.05, 0.1) is 11.0 Å². The molecule has 4 rings (SSSR count). The second kappa shape index (κ2) is 6.57. The maximum Gasteiger partial charge on any atom is 0.264 e. The van der Waals surface area contributed by atoms with Crippen molar-refractivity contribution in [3.8, 4) is 0 Å². The van der Waals surface area contributed by atoms with Gasteiger partial charge < -0.3 is 0 Å². The molecular formula is C22H16N2O. The second-order valence-corrected chi connectivity index (χ2v) is 5.74. The minimum absolute atomic E-state index is 0.0937. The lowest BCUT2D eigenvalue weighted by molar-refractivity contribution is 0.0985. The highest BCUT2D eigenvalue weighted by Gasteiger charge is 2.16. The summed E-state index contributed by atoms with van der Waals surface area (Å²) in [6.45, 7) is 0. The topological polar surface area (TPSA) is 34.9 Å². The normalized spacial score (nSPS) is 11.6. The number of imidazole rings is 1. The fourth-order valence-electron chi connectivity index (χ4n) is 2.85. The van der Waals surface area contributed by atoms with Gasteiger partial charge in [0.25, 0.3) is 5.91 Å². The minimum Gasteiger partial charge on any atom is -0.268 e. The summed E-state index contributed by atoms with van der Waals surface area (Å²) in [5.41, 5.74) is 4.12. The number of rotatable bonds is 3. The molecule has 0 atom stereocenters. The van der Waals surface area contributed by atoms with Crippen molar-refractivity contribution in [2.75, 3.05) is 0 Å². The predicted molar refractivity (Wildman–Crippen MR) is 101 cm³/mol. The molecule has 3 nitrogen and oxygen atoms in total. The molecule has 0 amide bonds. The summed E-state index contributed by atoms with van der Waals surface area (Å²) >= 11 is 0. The van der Waals surface area contributed by atoms with Gasteiger partial charge in [-0.25, -0.2) is 4.98 Å². The molecule has 120 valence electrons. The molecular weight excluding hydrogens is 308 g/mol. The number of fused-ring (bicyclic) bond motifs is 1. The van der Waals surface area contributed by atoms with E-state index in [1.54, 1.807) is 10.9 Å². The van der Waals surface area contributed by atoms with Gasteiger partial charge in [-0.3, -0.25) is 9.36 Å². The van der Waals surface area contributed by atoms with Crippen molar-refractivity contribution in [3.05, 3.63) is 102 Å². The first-order chi connectivity index (χ1) is 12.3. The number of hydrogen-bond acceptors (Lipinski definition) is 2. The van der Waals surface area contributed by atoms with E-state index in [-0.39, 0.29) is 5.91 Å². The second-order valence-electron chi connectivity index (χ2n) is 5.74. The Bertz CT molecular complexity index is 1050. The fourth-order valence-corrected chi connectivity index (χ4v) is 2.85. The SMILES string of the molecule is O=C(C(=Cc1ccccc1)c1ccccc1)n1cnc2ccccc21. The van der Waals surface area contributed by atoms with E-state index in [1.165, 1.54) is 0 Å². The zero-order valence-corrected chi connectivity index (χ0v) is 13.5. The van der Waals surface area contributed by atoms with Crippen molar-refractivity contribution < 1.29 is 4.79 Å². The number of hydrogen-bond donors (Lipinski definition) is 0. The van der Waals surface area contributed by atoms with Gasteiger partial charge >= 0.3 is 0 Å². The van der Waals surface area contributed by atoms with Gasteiger partial charge in [-0.15, -0.1) is 0 Å². The van der Waals surface area contributed by atoms with Crippen molar-refractivity contribution in [1.29, 1.82) is 0 Å². The summed E-state index contributed by atoms with van der Waals surface area (Å²) < 4.78 is 1.61. The Labute approximate surface area is 145 Å². The van der Waals surface area contributed by atoms with Crippen LogP contribution < -0.4 is 0 Å². The van der Waals surface area contributed by atoms with Crippen LogP contribution in [-0.4, -0.2) is 15.5 Å². The van der Waals surface area contributed by atoms with Crippen molar-refractivity contribution in [2.45, 2.75) is 0 Å². The quantitative estimate of drug-likeness (QED) is 0.396. The number of allylic oxidation sites excluding steroid dienone is 1. The number of nitrogens with zero attached hydrogens (tertiary/aromatic N) is 2. The summed E-state index contributed by atoms with van der Waals surface area (Å²) in [5.74, 6) is -0.0937. The number of para-hydroxylation sites is 2. The molecule has 1 heterocycles. The molecule has 0 saturated heterocycles. The zero-order chi connectivity index (χ0) is 17.1. The molecule has 0 bridgehead atoms. The van der Waals surface area contributed by atoms with E-state index < -0.39 is 0 Å². The van der Waals surface area contributed by atoms with E-state index >= 15 is 0 Å². The van der Waals surface area contributed by atoms with Gasteiger partial charge in [0.1, 0.15) is 6.33 Å². The standard InChI is InChI=1S/C22H16N2O/c25-22(24-16-23-20-13-7-8-14-21(20)24)19(18-11-5-2-6-12-18)15-17-9-3-1-4-10-17/h1-16H. The van der Waals surface area contributed by atoms with E-state index in [1.807, 2.05) is 91.0 Å². The lowest BCUT2D eigenvalue weighted by atomic mass is 10.0. The largest absolute Gasteiger partial charge is 0.268 e. The van der Waals surface area contributed by atoms with Crippen LogP contribution >= 0.6 is 0 Å². The van der Waals surface area contributed by atoms with Crippen LogP contribution in [0.2, 0.25) is 0 Å². The van der Waals surface area contributed by atoms with Crippen LogP contribution in [0.4, 0.5) is 0 Å². The molecule has 0 unspecified atom stereocenters. The average Bonchev–Trinajstić information content (AvgIpc) is 3.11. The number of carbonyl (C=O) groups excluding carboxylic acids is 1. The smallest absolute Gasteiger partial charge is 0.264 e. The Kier molecular flexibility index (Phi) is 3.97. The molecule has 0 saturated carbocycles. The van der Waals surface area contributed by atoms with Gasteiger partial charge in [0, 0.05) is 5.57 Å². The van der Waals surface area contributed by atoms with Crippen LogP contribution in [0.15, 0.2) is 91.3 Å². The molecule has 3 aromatic carbocycles. The van der Waals surface area contributed by atoms with Crippen molar-refractivity contribution in [3.63, 3.8) is 0 Å². The Hall–Kier alpha value is -3.46. The molecule has 1 aromatic heterocycles. The van der Waals surface area contributed by atoms with Gasteiger partial charge in [-0.2, -0.15) is 0 Å². The highest BCUT2D eigenvalue weighted by molar-refractivity contribution is 6.26. The Morgan fingerprint density at radius 2 is 1.44 bits per heavy atom. The number of aromatic nitrogens is 2. The summed E-state index contributed by atoms with van der Waals surface area (Å²) in [6, 6.07) is 27.2. The van der Waals surface area contributed by atoms with Crippen LogP contribution in [0.25, 0.3) is 22.7 Å². The molecule has 4 aromatic rings. The number of carbonyl (C=O) groups is 1. The Morgan fingerprint density at radius 3 is 2.20 bits per heavy atom. The lowest BCUT2D eigenvalue weighted by Gasteiger charge is -2.09. The monoisotopic (exact) mass is 324 g/mol. The third-order valence-corrected chi connectivity index (χ3v) is 4.10. The van der Waals surface area contributed by atoms with E-state index in [0.717, 1.165) is 22.2 Å². The van der Waals surface area contributed by atoms with Crippen LogP contribution in [0, 0.1) is 0 Å². The fraction of sp³-hybridized carbons (Fsp3) is 0. The van der Waals surface area contributed by atoms with Gasteiger partial charge in [-0.1, -0.05) is 72.8 Å². The molecule has 0 aliphatic carbocycles. The maximum atomic E-state index is 13.3. The van der Waals surface area contributed by atoms with Gasteiger partial charge in [0.15, 0.2) is 0 Å². The van der Waals surface area contributed by atoms with E-state index in [4.69, 9.17) is 0 Å². The van der Waals surface area contributed by atoms with Crippen molar-refractivity contribution in [2.24, 2.45) is 0 Å². The van der Waals surface area contributed by atoms with Crippen LogP contribution in [0.5, 0.6) is 0 Å². The first-order valence-electron chi connectivity index (χ1n) is 8.12. The van der Waals surface area contributed by atoms with Crippen molar-refractivity contribution >= 4 is 28.6 Å². The molecule has 0 radical (unpaired) electrons. The van der Waals surface area contributed by atoms with E-state index in [0.29, 0.717) is 5.57 Å². The Balaban J connectivity index is 1.86. The van der Waals surface area contributed by atoms with Crippen LogP contribution in [0.1, 0.15) is 15.9 Å². The molecule has 0 aliphatic rings. The summed E-state index contributed by atoms with van der Waals surface area (Å²) in [6.07, 6.45) is 3.52. The van der Waals surface area contributed by atoms with Gasteiger partial charge in [-0.05, 0) is 29.3 Å². The average molecular weight is 324 g/mol. The lowest BCUT2D eigenvalue weighted by Crippen LogP contribution is -2.11. The van der Waals surface area contributed by atoms with E-state index in [9.17, 15) is 4.79 Å². The third kappa shape index (κ3) is 3.00. The summed E-state index contributed by atoms with van der Waals surface area (Å²) in [7, 11) is 0. The van der Waals surface area contributed by atoms with Gasteiger partial charge in [0.2, 0.25) is 0 Å². The predicted octanol–water partition coefficient (Wildman–Crippen LogP) is 4.92. The van der Waals surface area contributed by atoms with Crippen LogP contribution in [-0.2, 0) is 0 Å². The van der Waals surface area contributed by atoms with Crippen LogP contribution in [0.3, 0.4) is 0 Å². The number of benzene rings is 3. The highest BCUT2D eigenvalue weighted by Crippen LogP contribution is 2.22. The molecule has 0 N–H and O–H groups in total. The summed E-state index contributed by atoms with van der Waals surface area (Å²) in [5, 5.41) is 0. The summed E-state index contributed by atoms with van der Waals surface area (Å²) in [4.78, 5) is 17.6. The molecule has 0 aliphatic heterocycles. The minimum atomic E-state index is -0.0937. The molecule has 0 fully saturated rings. The Morgan fingerprint density at radius 1 is 0.800 bits per heavy atom. The highest BCUT2D eigenvalue weighted by atomic mass is 16.2. The van der Waals surface area contributed by atoms with E-state index in [2.05, 4.69) is 4.98 Å². The van der Waals surface area contributed by atoms with Crippen molar-refractivity contribution in [1.82, 2.24) is 9.55 Å². The first-order valence-corrected chi connectivity index (χ1v) is 8.12. The molecule has 25 heavy (non-hydrogen) atoms. The first kappa shape index (κ1) is 15.1. The third-order valence-electron chi connectivity index (χ3n) is 4.10. The maximum absolute atomic E-state index is 13.3.